The lowest BCUT2D eigenvalue weighted by Gasteiger charge is -2.12. The number of amides is 1. The largest absolute Gasteiger partial charge is 0.484 e. The van der Waals surface area contributed by atoms with Crippen LogP contribution in [-0.4, -0.2) is 30.1 Å². The Morgan fingerprint density at radius 1 is 1.37 bits per heavy atom. The van der Waals surface area contributed by atoms with Gasteiger partial charge in [0.05, 0.1) is 5.92 Å². The Balaban J connectivity index is 2.36. The molecule has 1 atom stereocenters. The van der Waals surface area contributed by atoms with Crippen LogP contribution in [0, 0.1) is 12.8 Å². The minimum absolute atomic E-state index is 0.110. The van der Waals surface area contributed by atoms with Crippen molar-refractivity contribution in [3.05, 3.63) is 29.8 Å². The Bertz CT molecular complexity index is 445. The zero-order chi connectivity index (χ0) is 14.3. The molecular weight excluding hydrogens is 246 g/mol. The van der Waals surface area contributed by atoms with Crippen molar-refractivity contribution in [1.82, 2.24) is 5.32 Å². The van der Waals surface area contributed by atoms with Crippen LogP contribution in [0.15, 0.2) is 24.3 Å². The van der Waals surface area contributed by atoms with E-state index in [4.69, 9.17) is 9.84 Å². The van der Waals surface area contributed by atoms with Gasteiger partial charge in [0.25, 0.3) is 5.91 Å². The van der Waals surface area contributed by atoms with E-state index in [0.29, 0.717) is 12.2 Å². The molecule has 0 heterocycles. The van der Waals surface area contributed by atoms with Crippen LogP contribution < -0.4 is 10.1 Å². The van der Waals surface area contributed by atoms with Crippen molar-refractivity contribution in [2.75, 3.05) is 13.2 Å². The number of aryl methyl sites for hydroxylation is 1. The summed E-state index contributed by atoms with van der Waals surface area (Å²) in [4.78, 5) is 22.3. The van der Waals surface area contributed by atoms with Crippen molar-refractivity contribution < 1.29 is 19.4 Å². The Labute approximate surface area is 112 Å². The number of hydrogen-bond donors (Lipinski definition) is 2. The summed E-state index contributed by atoms with van der Waals surface area (Å²) < 4.78 is 5.37. The highest BCUT2D eigenvalue weighted by Gasteiger charge is 2.15. The molecule has 0 saturated heterocycles. The van der Waals surface area contributed by atoms with Crippen molar-refractivity contribution in [2.45, 2.75) is 20.3 Å². The molecule has 2 N–H and O–H groups in total. The summed E-state index contributed by atoms with van der Waals surface area (Å²) in [6.07, 6.45) is 0.480. The Kier molecular flexibility index (Phi) is 5.85. The summed E-state index contributed by atoms with van der Waals surface area (Å²) in [6.45, 7) is 3.68. The standard InChI is InChI=1S/C14H19NO4/c1-3-11(14(17)18)8-15-13(16)9-19-12-7-5-4-6-10(12)2/h4-7,11H,3,8-9H2,1-2H3,(H,15,16)(H,17,18). The molecule has 0 aliphatic carbocycles. The molecule has 104 valence electrons. The molecule has 1 aromatic carbocycles. The predicted molar refractivity (Wildman–Crippen MR) is 71.1 cm³/mol. The lowest BCUT2D eigenvalue weighted by Crippen LogP contribution is -2.35. The molecule has 0 aliphatic heterocycles. The first kappa shape index (κ1) is 15.0. The molecule has 0 fully saturated rings. The molecule has 0 radical (unpaired) electrons. The third-order valence-corrected chi connectivity index (χ3v) is 2.84. The second kappa shape index (κ2) is 7.41. The fraction of sp³-hybridized carbons (Fsp3) is 0.429. The average molecular weight is 265 g/mol. The van der Waals surface area contributed by atoms with Gasteiger partial charge in [0.2, 0.25) is 0 Å². The number of hydrogen-bond acceptors (Lipinski definition) is 3. The second-order valence-corrected chi connectivity index (χ2v) is 4.30. The van der Waals surface area contributed by atoms with Crippen LogP contribution in [0.5, 0.6) is 5.75 Å². The molecular formula is C14H19NO4. The maximum absolute atomic E-state index is 11.5. The highest BCUT2D eigenvalue weighted by molar-refractivity contribution is 5.78. The zero-order valence-corrected chi connectivity index (χ0v) is 11.2. The van der Waals surface area contributed by atoms with Crippen LogP contribution in [0.1, 0.15) is 18.9 Å². The van der Waals surface area contributed by atoms with E-state index in [-0.39, 0.29) is 19.1 Å². The van der Waals surface area contributed by atoms with Crippen LogP contribution >= 0.6 is 0 Å². The molecule has 1 amide bonds. The average Bonchev–Trinajstić information content (AvgIpc) is 2.38. The summed E-state index contributed by atoms with van der Waals surface area (Å²) in [5, 5.41) is 11.4. The number of rotatable bonds is 7. The van der Waals surface area contributed by atoms with E-state index in [1.807, 2.05) is 25.1 Å². The minimum atomic E-state index is -0.900. The van der Waals surface area contributed by atoms with Crippen LogP contribution in [0.2, 0.25) is 0 Å². The monoisotopic (exact) mass is 265 g/mol. The summed E-state index contributed by atoms with van der Waals surface area (Å²) >= 11 is 0. The fourth-order valence-electron chi connectivity index (χ4n) is 1.56. The minimum Gasteiger partial charge on any atom is -0.484 e. The molecule has 0 spiro atoms. The first-order valence-electron chi connectivity index (χ1n) is 6.22. The molecule has 0 saturated carbocycles. The number of aliphatic carboxylic acids is 1. The highest BCUT2D eigenvalue weighted by Crippen LogP contribution is 2.15. The van der Waals surface area contributed by atoms with Gasteiger partial charge in [0, 0.05) is 6.54 Å². The van der Waals surface area contributed by atoms with Gasteiger partial charge in [-0.15, -0.1) is 0 Å². The van der Waals surface area contributed by atoms with Crippen LogP contribution in [-0.2, 0) is 9.59 Å². The Morgan fingerprint density at radius 2 is 2.05 bits per heavy atom. The summed E-state index contributed by atoms with van der Waals surface area (Å²) in [7, 11) is 0. The van der Waals surface area contributed by atoms with Gasteiger partial charge < -0.3 is 15.2 Å². The number of nitrogens with one attached hydrogen (secondary N) is 1. The van der Waals surface area contributed by atoms with Crippen molar-refractivity contribution >= 4 is 11.9 Å². The van der Waals surface area contributed by atoms with E-state index in [0.717, 1.165) is 5.56 Å². The van der Waals surface area contributed by atoms with Crippen LogP contribution in [0.3, 0.4) is 0 Å². The number of benzene rings is 1. The van der Waals surface area contributed by atoms with Crippen molar-refractivity contribution in [3.8, 4) is 5.75 Å². The summed E-state index contributed by atoms with van der Waals surface area (Å²) in [6, 6.07) is 7.40. The summed E-state index contributed by atoms with van der Waals surface area (Å²) in [5.74, 6) is -1.11. The van der Waals surface area contributed by atoms with Crippen LogP contribution in [0.25, 0.3) is 0 Å². The number of ether oxygens (including phenoxy) is 1. The molecule has 5 nitrogen and oxygen atoms in total. The second-order valence-electron chi connectivity index (χ2n) is 4.30. The van der Waals surface area contributed by atoms with Gasteiger partial charge >= 0.3 is 5.97 Å². The Hall–Kier alpha value is -2.04. The zero-order valence-electron chi connectivity index (χ0n) is 11.2. The fourth-order valence-corrected chi connectivity index (χ4v) is 1.56. The molecule has 0 aliphatic rings. The van der Waals surface area contributed by atoms with Gasteiger partial charge in [0.15, 0.2) is 6.61 Å². The van der Waals surface area contributed by atoms with Gasteiger partial charge in [-0.25, -0.2) is 0 Å². The number of carbonyl (C=O) groups excluding carboxylic acids is 1. The van der Waals surface area contributed by atoms with Crippen molar-refractivity contribution in [1.29, 1.82) is 0 Å². The molecule has 1 aromatic rings. The van der Waals surface area contributed by atoms with E-state index in [1.54, 1.807) is 13.0 Å². The van der Waals surface area contributed by atoms with Gasteiger partial charge in [-0.1, -0.05) is 25.1 Å². The Morgan fingerprint density at radius 3 is 2.63 bits per heavy atom. The van der Waals surface area contributed by atoms with Gasteiger partial charge in [-0.3, -0.25) is 9.59 Å². The lowest BCUT2D eigenvalue weighted by atomic mass is 10.1. The molecule has 1 unspecified atom stereocenters. The number of carboxylic acids is 1. The predicted octanol–water partition coefficient (Wildman–Crippen LogP) is 1.60. The first-order valence-corrected chi connectivity index (χ1v) is 6.22. The number of carboxylic acid groups (broad SMARTS) is 1. The van der Waals surface area contributed by atoms with Gasteiger partial charge in [-0.05, 0) is 25.0 Å². The highest BCUT2D eigenvalue weighted by atomic mass is 16.5. The topological polar surface area (TPSA) is 75.6 Å². The molecule has 19 heavy (non-hydrogen) atoms. The van der Waals surface area contributed by atoms with Gasteiger partial charge in [0.1, 0.15) is 5.75 Å². The van der Waals surface area contributed by atoms with Crippen molar-refractivity contribution in [3.63, 3.8) is 0 Å². The van der Waals surface area contributed by atoms with E-state index in [2.05, 4.69) is 5.32 Å². The quantitative estimate of drug-likeness (QED) is 0.785. The molecule has 5 heteroatoms. The first-order chi connectivity index (χ1) is 9.04. The third-order valence-electron chi connectivity index (χ3n) is 2.84. The maximum atomic E-state index is 11.5. The summed E-state index contributed by atoms with van der Waals surface area (Å²) in [5.41, 5.74) is 0.951. The normalized spacial score (nSPS) is 11.7. The van der Waals surface area contributed by atoms with E-state index in [9.17, 15) is 9.59 Å². The maximum Gasteiger partial charge on any atom is 0.308 e. The van der Waals surface area contributed by atoms with Crippen LogP contribution in [0.4, 0.5) is 0 Å². The lowest BCUT2D eigenvalue weighted by molar-refractivity contribution is -0.141. The number of para-hydroxylation sites is 1. The van der Waals surface area contributed by atoms with E-state index < -0.39 is 11.9 Å². The van der Waals surface area contributed by atoms with E-state index in [1.165, 1.54) is 0 Å². The SMILES string of the molecule is CCC(CNC(=O)COc1ccccc1C)C(=O)O. The van der Waals surface area contributed by atoms with Crippen molar-refractivity contribution in [2.24, 2.45) is 5.92 Å². The number of carbonyl (C=O) groups is 2. The van der Waals surface area contributed by atoms with E-state index >= 15 is 0 Å². The van der Waals surface area contributed by atoms with Gasteiger partial charge in [-0.2, -0.15) is 0 Å². The smallest absolute Gasteiger partial charge is 0.308 e. The third kappa shape index (κ3) is 4.99. The molecule has 1 rings (SSSR count). The molecule has 0 bridgehead atoms. The molecule has 0 aromatic heterocycles.